The molecular weight excluding hydrogens is 476 g/mol. The molecule has 196 valence electrons. The van der Waals surface area contributed by atoms with E-state index < -0.39 is 0 Å². The van der Waals surface area contributed by atoms with E-state index in [4.69, 9.17) is 0 Å². The smallest absolute Gasteiger partial charge is 0.129 e. The first-order valence-corrected chi connectivity index (χ1v) is 12.9. The van der Waals surface area contributed by atoms with E-state index in [9.17, 15) is 0 Å². The number of nitrogens with one attached hydrogen (secondary N) is 2. The number of aromatic nitrogens is 1. The lowest BCUT2D eigenvalue weighted by Crippen LogP contribution is -2.19. The summed E-state index contributed by atoms with van der Waals surface area (Å²) in [6, 6.07) is 15.3. The summed E-state index contributed by atoms with van der Waals surface area (Å²) in [5.74, 6) is -0.531. The standard InChI is InChI=1S/C33H35F2N3/c1-6-7-9-24-10-8-11-25(15-24)22(3)33(20-36-5)38-19-27-16-26(21(2)14-30(27)34)17-29-23(4)28-12-13-37-32(28)18-31(29)35/h6,8,10-16,18,20,22,37-38H,1,5,7,9,17,19H2,2-4H3/b33-20-. The topological polar surface area (TPSA) is 40.2 Å². The molecule has 1 aromatic heterocycles. The molecule has 0 aliphatic rings. The van der Waals surface area contributed by atoms with Crippen LogP contribution in [0.2, 0.25) is 0 Å². The van der Waals surface area contributed by atoms with Crippen LogP contribution in [0, 0.1) is 25.5 Å². The van der Waals surface area contributed by atoms with Gasteiger partial charge in [0.2, 0.25) is 0 Å². The molecule has 4 aromatic rings. The molecule has 0 aliphatic heterocycles. The Morgan fingerprint density at radius 2 is 1.89 bits per heavy atom. The summed E-state index contributed by atoms with van der Waals surface area (Å²) in [6.07, 6.45) is 7.68. The molecule has 0 aliphatic carbocycles. The monoisotopic (exact) mass is 511 g/mol. The molecule has 0 amide bonds. The summed E-state index contributed by atoms with van der Waals surface area (Å²) in [4.78, 5) is 7.06. The third-order valence-corrected chi connectivity index (χ3v) is 7.34. The summed E-state index contributed by atoms with van der Waals surface area (Å²) in [6.45, 7) is 13.6. The Morgan fingerprint density at radius 1 is 1.08 bits per heavy atom. The van der Waals surface area contributed by atoms with Crippen molar-refractivity contribution in [2.75, 3.05) is 0 Å². The van der Waals surface area contributed by atoms with Gasteiger partial charge < -0.3 is 10.3 Å². The van der Waals surface area contributed by atoms with E-state index in [1.54, 1.807) is 6.20 Å². The summed E-state index contributed by atoms with van der Waals surface area (Å²) >= 11 is 0. The number of rotatable bonds is 11. The summed E-state index contributed by atoms with van der Waals surface area (Å²) in [5.41, 5.74) is 7.77. The maximum Gasteiger partial charge on any atom is 0.129 e. The number of fused-ring (bicyclic) bond motifs is 1. The first kappa shape index (κ1) is 27.1. The highest BCUT2D eigenvalue weighted by Gasteiger charge is 2.17. The molecule has 0 saturated heterocycles. The van der Waals surface area contributed by atoms with Crippen LogP contribution >= 0.6 is 0 Å². The molecule has 38 heavy (non-hydrogen) atoms. The summed E-state index contributed by atoms with van der Waals surface area (Å²) in [5, 5.41) is 4.38. The number of aromatic amines is 1. The predicted octanol–water partition coefficient (Wildman–Crippen LogP) is 8.21. The molecule has 3 nitrogen and oxygen atoms in total. The van der Waals surface area contributed by atoms with Crippen LogP contribution in [0.15, 0.2) is 84.3 Å². The van der Waals surface area contributed by atoms with Gasteiger partial charge in [-0.05, 0) is 85.0 Å². The largest absolute Gasteiger partial charge is 0.382 e. The van der Waals surface area contributed by atoms with Gasteiger partial charge in [0.05, 0.1) is 0 Å². The van der Waals surface area contributed by atoms with Crippen molar-refractivity contribution in [2.24, 2.45) is 4.99 Å². The van der Waals surface area contributed by atoms with Gasteiger partial charge in [0.1, 0.15) is 11.6 Å². The number of allylic oxidation sites excluding steroid dienone is 2. The van der Waals surface area contributed by atoms with Gasteiger partial charge in [-0.2, -0.15) is 0 Å². The van der Waals surface area contributed by atoms with Crippen molar-refractivity contribution < 1.29 is 8.78 Å². The third-order valence-electron chi connectivity index (χ3n) is 7.34. The molecule has 0 fully saturated rings. The highest BCUT2D eigenvalue weighted by atomic mass is 19.1. The van der Waals surface area contributed by atoms with Gasteiger partial charge in [0, 0.05) is 53.4 Å². The highest BCUT2D eigenvalue weighted by molar-refractivity contribution is 5.84. The van der Waals surface area contributed by atoms with Crippen molar-refractivity contribution in [2.45, 2.75) is 52.5 Å². The molecule has 4 rings (SSSR count). The lowest BCUT2D eigenvalue weighted by atomic mass is 9.93. The first-order valence-electron chi connectivity index (χ1n) is 12.9. The van der Waals surface area contributed by atoms with Gasteiger partial charge in [0.25, 0.3) is 0 Å². The van der Waals surface area contributed by atoms with Crippen LogP contribution in [0.4, 0.5) is 8.78 Å². The minimum atomic E-state index is -0.290. The maximum atomic E-state index is 15.0. The van der Waals surface area contributed by atoms with Gasteiger partial charge in [-0.25, -0.2) is 8.78 Å². The van der Waals surface area contributed by atoms with Crippen LogP contribution in [-0.2, 0) is 19.4 Å². The van der Waals surface area contributed by atoms with Crippen LogP contribution in [-0.4, -0.2) is 11.7 Å². The Bertz CT molecular complexity index is 1500. The normalized spacial score (nSPS) is 12.5. The van der Waals surface area contributed by atoms with Crippen LogP contribution < -0.4 is 5.32 Å². The Hall–Kier alpha value is -3.99. The fourth-order valence-electron chi connectivity index (χ4n) is 4.96. The Kier molecular flexibility index (Phi) is 8.57. The quantitative estimate of drug-likeness (QED) is 0.155. The zero-order valence-electron chi connectivity index (χ0n) is 22.4. The molecule has 0 bridgehead atoms. The Balaban J connectivity index is 1.56. The fraction of sp³-hybridized carbons (Fsp3) is 0.242. The molecular formula is C33H35F2N3. The minimum Gasteiger partial charge on any atom is -0.382 e. The van der Waals surface area contributed by atoms with Crippen LogP contribution in [0.5, 0.6) is 0 Å². The first-order chi connectivity index (χ1) is 18.3. The number of hydrogen-bond acceptors (Lipinski definition) is 2. The lowest BCUT2D eigenvalue weighted by molar-refractivity contribution is 0.593. The van der Waals surface area contributed by atoms with Gasteiger partial charge in [-0.3, -0.25) is 4.99 Å². The van der Waals surface area contributed by atoms with Crippen molar-refractivity contribution >= 4 is 17.6 Å². The summed E-state index contributed by atoms with van der Waals surface area (Å²) < 4.78 is 30.1. The molecule has 2 N–H and O–H groups in total. The van der Waals surface area contributed by atoms with Crippen LogP contribution in [0.1, 0.15) is 58.2 Å². The fourth-order valence-corrected chi connectivity index (χ4v) is 4.96. The van der Waals surface area contributed by atoms with Crippen molar-refractivity contribution in [3.8, 4) is 0 Å². The summed E-state index contributed by atoms with van der Waals surface area (Å²) in [7, 11) is 0. The Morgan fingerprint density at radius 3 is 2.66 bits per heavy atom. The van der Waals surface area contributed by atoms with Crippen molar-refractivity contribution in [3.63, 3.8) is 0 Å². The predicted molar refractivity (Wildman–Crippen MR) is 155 cm³/mol. The van der Waals surface area contributed by atoms with Gasteiger partial charge in [0.15, 0.2) is 0 Å². The van der Waals surface area contributed by atoms with Crippen molar-refractivity contribution in [1.29, 1.82) is 0 Å². The number of H-pyrrole nitrogens is 1. The SMILES string of the molecule is C=CCCc1cccc(C(C)/C(=C/N=C)NCc2cc(Cc3c(F)cc4[nH]ccc4c3C)c(C)cc2F)c1. The van der Waals surface area contributed by atoms with E-state index in [-0.39, 0.29) is 24.1 Å². The molecule has 1 atom stereocenters. The van der Waals surface area contributed by atoms with E-state index in [0.29, 0.717) is 17.5 Å². The van der Waals surface area contributed by atoms with E-state index in [0.717, 1.165) is 51.7 Å². The second kappa shape index (κ2) is 12.0. The molecule has 1 unspecified atom stereocenters. The van der Waals surface area contributed by atoms with Gasteiger partial charge in [-0.15, -0.1) is 6.58 Å². The van der Waals surface area contributed by atoms with E-state index >= 15 is 8.78 Å². The second-order valence-electron chi connectivity index (χ2n) is 9.86. The number of aliphatic imine (C=N–C) groups is 1. The van der Waals surface area contributed by atoms with Crippen LogP contribution in [0.3, 0.4) is 0 Å². The molecule has 0 spiro atoms. The highest BCUT2D eigenvalue weighted by Crippen LogP contribution is 2.29. The van der Waals surface area contributed by atoms with Crippen LogP contribution in [0.25, 0.3) is 10.9 Å². The molecule has 5 heteroatoms. The zero-order chi connectivity index (χ0) is 27.2. The third kappa shape index (κ3) is 5.94. The minimum absolute atomic E-state index is 0.0157. The molecule has 3 aromatic carbocycles. The molecule has 1 heterocycles. The van der Waals surface area contributed by atoms with E-state index in [1.807, 2.05) is 38.3 Å². The second-order valence-corrected chi connectivity index (χ2v) is 9.86. The van der Waals surface area contributed by atoms with Gasteiger partial charge in [-0.1, -0.05) is 43.3 Å². The average molecular weight is 512 g/mol. The Labute approximate surface area is 224 Å². The van der Waals surface area contributed by atoms with E-state index in [2.05, 4.69) is 59.8 Å². The lowest BCUT2D eigenvalue weighted by Gasteiger charge is -2.20. The van der Waals surface area contributed by atoms with Crippen molar-refractivity contribution in [1.82, 2.24) is 10.3 Å². The number of hydrogen-bond donors (Lipinski definition) is 2. The maximum absolute atomic E-state index is 15.0. The molecule has 0 radical (unpaired) electrons. The number of benzene rings is 3. The van der Waals surface area contributed by atoms with Crippen molar-refractivity contribution in [3.05, 3.63) is 130 Å². The van der Waals surface area contributed by atoms with Gasteiger partial charge >= 0.3 is 0 Å². The zero-order valence-corrected chi connectivity index (χ0v) is 22.4. The van der Waals surface area contributed by atoms with E-state index in [1.165, 1.54) is 17.7 Å². The average Bonchev–Trinajstić information content (AvgIpc) is 3.38. The number of halogens is 2. The number of nitrogens with zero attached hydrogens (tertiary/aromatic N) is 1. The molecule has 0 saturated carbocycles. The number of aryl methyl sites for hydroxylation is 3.